The number of hydrogen-bond donors (Lipinski definition) is 2. The fourth-order valence-corrected chi connectivity index (χ4v) is 3.14. The highest BCUT2D eigenvalue weighted by atomic mass is 19.1. The largest absolute Gasteiger partial charge is 0.383 e. The Hall–Kier alpha value is -2.96. The third kappa shape index (κ3) is 4.24. The molecule has 1 aromatic carbocycles. The Labute approximate surface area is 159 Å². The number of amides is 2. The second kappa shape index (κ2) is 7.73. The van der Waals surface area contributed by atoms with Crippen LogP contribution in [0.15, 0.2) is 36.5 Å². The van der Waals surface area contributed by atoms with Gasteiger partial charge in [0.1, 0.15) is 11.6 Å². The number of benzene rings is 1. The summed E-state index contributed by atoms with van der Waals surface area (Å²) in [6, 6.07) is 5.70. The van der Waals surface area contributed by atoms with Crippen LogP contribution in [0.2, 0.25) is 0 Å². The van der Waals surface area contributed by atoms with Crippen LogP contribution in [-0.4, -0.2) is 28.2 Å². The summed E-state index contributed by atoms with van der Waals surface area (Å²) in [6.45, 7) is 3.98. The molecule has 2 atom stereocenters. The predicted octanol–water partition coefficient (Wildman–Crippen LogP) is 3.05. The van der Waals surface area contributed by atoms with E-state index in [1.165, 1.54) is 35.4 Å². The highest BCUT2D eigenvalue weighted by Gasteiger charge is 2.34. The van der Waals surface area contributed by atoms with E-state index in [4.69, 9.17) is 7.10 Å². The number of aromatic nitrogens is 1. The summed E-state index contributed by atoms with van der Waals surface area (Å²) in [5, 5.41) is 2.53. The number of piperidine rings is 1. The summed E-state index contributed by atoms with van der Waals surface area (Å²) in [6.07, 6.45) is 2.47. The predicted molar refractivity (Wildman–Crippen MR) is 101 cm³/mol. The normalized spacial score (nSPS) is 22.9. The lowest BCUT2D eigenvalue weighted by Crippen LogP contribution is -2.46. The van der Waals surface area contributed by atoms with Crippen LogP contribution in [0.3, 0.4) is 0 Å². The summed E-state index contributed by atoms with van der Waals surface area (Å²) in [4.78, 5) is 30.7. The first-order chi connectivity index (χ1) is 13.2. The zero-order valence-electron chi connectivity index (χ0n) is 16.3. The maximum atomic E-state index is 13.3. The Bertz CT molecular complexity index is 906. The molecule has 0 radical (unpaired) electrons. The zero-order valence-corrected chi connectivity index (χ0v) is 15.3. The van der Waals surface area contributed by atoms with E-state index in [9.17, 15) is 14.0 Å². The van der Waals surface area contributed by atoms with Crippen molar-refractivity contribution in [2.24, 2.45) is 5.92 Å². The molecule has 1 saturated heterocycles. The Morgan fingerprint density at radius 1 is 1.33 bits per heavy atom. The molecule has 0 spiro atoms. The number of aryl methyl sites for hydroxylation is 1. The molecule has 0 bridgehead atoms. The summed E-state index contributed by atoms with van der Waals surface area (Å²) in [5.74, 6) is -1.58. The molecule has 2 amide bonds. The maximum Gasteiger partial charge on any atom is 0.313 e. The minimum Gasteiger partial charge on any atom is -0.383 e. The highest BCUT2D eigenvalue weighted by Crippen LogP contribution is 2.33. The van der Waals surface area contributed by atoms with Gasteiger partial charge in [0, 0.05) is 6.54 Å². The van der Waals surface area contributed by atoms with E-state index in [1.807, 2.05) is 6.92 Å². The molecule has 0 unspecified atom stereocenters. The molecule has 0 aliphatic carbocycles. The van der Waals surface area contributed by atoms with Gasteiger partial charge >= 0.3 is 11.8 Å². The Morgan fingerprint density at radius 3 is 2.70 bits per heavy atom. The molecule has 6 nitrogen and oxygen atoms in total. The molecule has 1 aliphatic rings. The molecule has 3 rings (SSSR count). The van der Waals surface area contributed by atoms with Gasteiger partial charge < -0.3 is 16.0 Å². The number of rotatable bonds is 2. The van der Waals surface area contributed by atoms with Crippen molar-refractivity contribution < 1.29 is 15.4 Å². The fraction of sp³-hybridized carbons (Fsp3) is 0.350. The standard InChI is InChI=1S/C20H23FN4O2/c1-12-3-8-17(14-4-6-15(21)7-5-14)25(11-12)20(27)19(26)24-16-9-13(2)18(22)23-10-16/h4-7,9-10,12,17H,3,8,11H2,1-2H3,(H2,22,23)(H,24,26)/t12-,17+/m1/s1/i17D. The van der Waals surface area contributed by atoms with E-state index in [2.05, 4.69) is 10.3 Å². The molecule has 2 aromatic rings. The van der Waals surface area contributed by atoms with Gasteiger partial charge in [-0.15, -0.1) is 0 Å². The molecule has 7 heteroatoms. The Balaban J connectivity index is 1.86. The molecule has 3 N–H and O–H groups in total. The lowest BCUT2D eigenvalue weighted by atomic mass is 9.90. The Kier molecular flexibility index (Phi) is 5.00. The van der Waals surface area contributed by atoms with Gasteiger partial charge in [0.2, 0.25) is 0 Å². The van der Waals surface area contributed by atoms with Crippen molar-refractivity contribution in [2.75, 3.05) is 17.6 Å². The summed E-state index contributed by atoms with van der Waals surface area (Å²) in [7, 11) is 0. The molecule has 1 aromatic heterocycles. The molecule has 142 valence electrons. The van der Waals surface area contributed by atoms with Crippen molar-refractivity contribution in [3.8, 4) is 0 Å². The monoisotopic (exact) mass is 371 g/mol. The fourth-order valence-electron chi connectivity index (χ4n) is 3.14. The number of carbonyl (C=O) groups is 2. The van der Waals surface area contributed by atoms with Crippen LogP contribution in [-0.2, 0) is 9.59 Å². The molecular weight excluding hydrogens is 347 g/mol. The number of nitrogen functional groups attached to an aromatic ring is 1. The van der Waals surface area contributed by atoms with E-state index in [0.29, 0.717) is 29.1 Å². The van der Waals surface area contributed by atoms with Crippen molar-refractivity contribution in [1.29, 1.82) is 0 Å². The van der Waals surface area contributed by atoms with Gasteiger partial charge in [-0.05, 0) is 55.0 Å². The number of anilines is 2. The first-order valence-electron chi connectivity index (χ1n) is 9.32. The number of halogens is 1. The quantitative estimate of drug-likeness (QED) is 0.794. The summed E-state index contributed by atoms with van der Waals surface area (Å²) in [5.41, 5.74) is 7.18. The maximum absolute atomic E-state index is 13.3. The van der Waals surface area contributed by atoms with Crippen LogP contribution < -0.4 is 11.1 Å². The van der Waals surface area contributed by atoms with E-state index in [-0.39, 0.29) is 12.5 Å². The average Bonchev–Trinajstić information content (AvgIpc) is 2.66. The number of nitrogens with two attached hydrogens (primary N) is 1. The first kappa shape index (κ1) is 17.5. The topological polar surface area (TPSA) is 88.3 Å². The van der Waals surface area contributed by atoms with Gasteiger partial charge in [0.05, 0.1) is 19.3 Å². The number of pyridine rings is 1. The third-order valence-electron chi connectivity index (χ3n) is 4.69. The molecular formula is C20H23FN4O2. The lowest BCUT2D eigenvalue weighted by Gasteiger charge is -2.38. The van der Waals surface area contributed by atoms with Crippen molar-refractivity contribution in [3.05, 3.63) is 53.5 Å². The second-order valence-electron chi connectivity index (χ2n) is 6.89. The van der Waals surface area contributed by atoms with E-state index >= 15 is 0 Å². The molecule has 1 aliphatic heterocycles. The molecule has 1 fully saturated rings. The Morgan fingerprint density at radius 2 is 2.04 bits per heavy atom. The van der Waals surface area contributed by atoms with Gasteiger partial charge in [0.15, 0.2) is 0 Å². The molecule has 2 heterocycles. The van der Waals surface area contributed by atoms with Crippen LogP contribution in [0.1, 0.15) is 38.3 Å². The van der Waals surface area contributed by atoms with Crippen LogP contribution in [0.25, 0.3) is 0 Å². The summed E-state index contributed by atoms with van der Waals surface area (Å²) < 4.78 is 22.2. The van der Waals surface area contributed by atoms with E-state index < -0.39 is 23.6 Å². The van der Waals surface area contributed by atoms with Gasteiger partial charge in [-0.1, -0.05) is 19.1 Å². The van der Waals surface area contributed by atoms with Crippen molar-refractivity contribution in [2.45, 2.75) is 32.7 Å². The van der Waals surface area contributed by atoms with Crippen molar-refractivity contribution in [3.63, 3.8) is 0 Å². The zero-order chi connectivity index (χ0) is 20.5. The highest BCUT2D eigenvalue weighted by molar-refractivity contribution is 6.39. The minimum atomic E-state index is -1.43. The lowest BCUT2D eigenvalue weighted by molar-refractivity contribution is -0.146. The molecule has 27 heavy (non-hydrogen) atoms. The number of nitrogens with zero attached hydrogens (tertiary/aromatic N) is 2. The minimum absolute atomic E-state index is 0.149. The van der Waals surface area contributed by atoms with Crippen LogP contribution >= 0.6 is 0 Å². The summed E-state index contributed by atoms with van der Waals surface area (Å²) >= 11 is 0. The van der Waals surface area contributed by atoms with Crippen LogP contribution in [0.4, 0.5) is 15.9 Å². The average molecular weight is 371 g/mol. The smallest absolute Gasteiger partial charge is 0.313 e. The SMILES string of the molecule is [2H][C@@]1(c2ccc(F)cc2)CC[C@@H](C)CN1C(=O)C(=O)Nc1cnc(N)c(C)c1. The van der Waals surface area contributed by atoms with Crippen LogP contribution in [0, 0.1) is 18.7 Å². The van der Waals surface area contributed by atoms with Gasteiger partial charge in [-0.3, -0.25) is 9.59 Å². The third-order valence-corrected chi connectivity index (χ3v) is 4.69. The van der Waals surface area contributed by atoms with Gasteiger partial charge in [-0.25, -0.2) is 9.37 Å². The first-order valence-corrected chi connectivity index (χ1v) is 8.82. The van der Waals surface area contributed by atoms with E-state index in [1.54, 1.807) is 13.0 Å². The van der Waals surface area contributed by atoms with E-state index in [0.717, 1.165) is 6.42 Å². The molecule has 0 saturated carbocycles. The number of hydrogen-bond acceptors (Lipinski definition) is 4. The second-order valence-corrected chi connectivity index (χ2v) is 6.89. The number of nitrogens with one attached hydrogen (secondary N) is 1. The number of carbonyl (C=O) groups excluding carboxylic acids is 2. The van der Waals surface area contributed by atoms with Gasteiger partial charge in [-0.2, -0.15) is 0 Å². The number of likely N-dealkylation sites (tertiary alicyclic amines) is 1. The van der Waals surface area contributed by atoms with Crippen molar-refractivity contribution >= 4 is 23.3 Å². The van der Waals surface area contributed by atoms with Crippen LogP contribution in [0.5, 0.6) is 0 Å². The van der Waals surface area contributed by atoms with Gasteiger partial charge in [0.25, 0.3) is 0 Å². The van der Waals surface area contributed by atoms with Crippen molar-refractivity contribution in [1.82, 2.24) is 9.88 Å².